The topological polar surface area (TPSA) is 123 Å². The van der Waals surface area contributed by atoms with Crippen LogP contribution in [0.3, 0.4) is 0 Å². The number of hydrogen-bond acceptors (Lipinski definition) is 6. The van der Waals surface area contributed by atoms with Crippen molar-refractivity contribution < 1.29 is 9.18 Å². The number of hydrogen-bond donors (Lipinski definition) is 4. The third kappa shape index (κ3) is 3.48. The van der Waals surface area contributed by atoms with E-state index in [4.69, 9.17) is 11.5 Å². The second kappa shape index (κ2) is 7.43. The normalized spacial score (nSPS) is 19.5. The van der Waals surface area contributed by atoms with Crippen LogP contribution in [0.1, 0.15) is 36.0 Å². The zero-order chi connectivity index (χ0) is 19.7. The second-order valence-electron chi connectivity index (χ2n) is 6.98. The smallest absolute Gasteiger partial charge is 0.252 e. The van der Waals surface area contributed by atoms with Crippen LogP contribution in [-0.2, 0) is 0 Å². The minimum absolute atomic E-state index is 0.0399. The number of amides is 1. The summed E-state index contributed by atoms with van der Waals surface area (Å²) in [5.41, 5.74) is 12.3. The summed E-state index contributed by atoms with van der Waals surface area (Å²) in [6, 6.07) is 6.52. The Bertz CT molecular complexity index is 1020. The molecule has 3 aromatic heterocycles. The molecule has 1 amide bonds. The molecule has 6 N–H and O–H groups in total. The number of pyridine rings is 2. The Morgan fingerprint density at radius 3 is 2.86 bits per heavy atom. The molecule has 8 nitrogen and oxygen atoms in total. The molecule has 3 aromatic rings. The van der Waals surface area contributed by atoms with Crippen LogP contribution in [0, 0.1) is 5.82 Å². The maximum absolute atomic E-state index is 14.6. The molecule has 1 fully saturated rings. The van der Waals surface area contributed by atoms with Crippen LogP contribution in [0.5, 0.6) is 0 Å². The Hall–Kier alpha value is -3.20. The Labute approximate surface area is 161 Å². The molecule has 2 atom stereocenters. The van der Waals surface area contributed by atoms with Gasteiger partial charge in [-0.2, -0.15) is 0 Å². The van der Waals surface area contributed by atoms with Gasteiger partial charge in [0.1, 0.15) is 17.3 Å². The van der Waals surface area contributed by atoms with E-state index < -0.39 is 11.7 Å². The maximum atomic E-state index is 14.6. The molecule has 0 aliphatic heterocycles. The molecule has 0 bridgehead atoms. The largest absolute Gasteiger partial charge is 0.365 e. The molecule has 1 saturated carbocycles. The summed E-state index contributed by atoms with van der Waals surface area (Å²) in [6.45, 7) is 0. The van der Waals surface area contributed by atoms with E-state index in [9.17, 15) is 9.18 Å². The molecule has 28 heavy (non-hydrogen) atoms. The summed E-state index contributed by atoms with van der Waals surface area (Å²) in [7, 11) is 0. The minimum atomic E-state index is -0.774. The van der Waals surface area contributed by atoms with Gasteiger partial charge in [-0.25, -0.2) is 14.4 Å². The lowest BCUT2D eigenvalue weighted by Gasteiger charge is -2.30. The molecular formula is C19H22FN7O. The Balaban J connectivity index is 1.69. The highest BCUT2D eigenvalue weighted by molar-refractivity contribution is 5.98. The Kier molecular flexibility index (Phi) is 4.82. The second-order valence-corrected chi connectivity index (χ2v) is 6.98. The first-order chi connectivity index (χ1) is 13.5. The van der Waals surface area contributed by atoms with Gasteiger partial charge < -0.3 is 22.1 Å². The van der Waals surface area contributed by atoms with Crippen LogP contribution in [0.25, 0.3) is 5.65 Å². The van der Waals surface area contributed by atoms with E-state index in [2.05, 4.69) is 20.6 Å². The number of halogens is 1. The highest BCUT2D eigenvalue weighted by atomic mass is 19.1. The van der Waals surface area contributed by atoms with E-state index in [0.717, 1.165) is 37.4 Å². The van der Waals surface area contributed by atoms with Gasteiger partial charge in [0.2, 0.25) is 0 Å². The number of carbonyl (C=O) groups is 1. The van der Waals surface area contributed by atoms with E-state index in [1.165, 1.54) is 0 Å². The van der Waals surface area contributed by atoms with Gasteiger partial charge in [0.25, 0.3) is 5.91 Å². The van der Waals surface area contributed by atoms with E-state index in [1.54, 1.807) is 10.6 Å². The Morgan fingerprint density at radius 1 is 1.25 bits per heavy atom. The van der Waals surface area contributed by atoms with E-state index in [-0.39, 0.29) is 29.3 Å². The molecule has 0 spiro atoms. The molecule has 3 heterocycles. The van der Waals surface area contributed by atoms with Crippen LogP contribution in [0.4, 0.5) is 21.8 Å². The lowest BCUT2D eigenvalue weighted by atomic mass is 9.91. The van der Waals surface area contributed by atoms with Crippen molar-refractivity contribution in [1.29, 1.82) is 0 Å². The van der Waals surface area contributed by atoms with Gasteiger partial charge in [-0.05, 0) is 31.0 Å². The summed E-state index contributed by atoms with van der Waals surface area (Å²) in [6.07, 6.45) is 7.24. The SMILES string of the molecule is NC(=O)c1cc(F)c(N[C@@H]2CCCC[C@@H]2N)nc1Nc1cnc2ccccn12. The molecule has 0 saturated heterocycles. The number of carbonyl (C=O) groups excluding carboxylic acids is 1. The average Bonchev–Trinajstić information content (AvgIpc) is 3.09. The van der Waals surface area contributed by atoms with Crippen molar-refractivity contribution in [2.24, 2.45) is 11.5 Å². The number of anilines is 3. The predicted octanol–water partition coefficient (Wildman–Crippen LogP) is 2.39. The van der Waals surface area contributed by atoms with Crippen molar-refractivity contribution in [3.8, 4) is 0 Å². The number of imidazole rings is 1. The third-order valence-electron chi connectivity index (χ3n) is 5.05. The summed E-state index contributed by atoms with van der Waals surface area (Å²) >= 11 is 0. The molecule has 1 aliphatic rings. The Morgan fingerprint density at radius 2 is 2.07 bits per heavy atom. The van der Waals surface area contributed by atoms with Gasteiger partial charge in [0, 0.05) is 18.3 Å². The highest BCUT2D eigenvalue weighted by Gasteiger charge is 2.24. The van der Waals surface area contributed by atoms with Crippen LogP contribution in [-0.4, -0.2) is 32.4 Å². The number of nitrogens with two attached hydrogens (primary N) is 2. The number of fused-ring (bicyclic) bond motifs is 1. The van der Waals surface area contributed by atoms with Crippen molar-refractivity contribution in [3.63, 3.8) is 0 Å². The maximum Gasteiger partial charge on any atom is 0.252 e. The van der Waals surface area contributed by atoms with E-state index in [1.807, 2.05) is 24.4 Å². The van der Waals surface area contributed by atoms with Crippen molar-refractivity contribution in [3.05, 3.63) is 48.0 Å². The van der Waals surface area contributed by atoms with Crippen LogP contribution in [0.2, 0.25) is 0 Å². The average molecular weight is 383 g/mol. The summed E-state index contributed by atoms with van der Waals surface area (Å²) in [5.74, 6) is -0.633. The van der Waals surface area contributed by atoms with Gasteiger partial charge in [-0.15, -0.1) is 0 Å². The first kappa shape index (κ1) is 18.2. The first-order valence-electron chi connectivity index (χ1n) is 9.24. The number of aromatic nitrogens is 3. The monoisotopic (exact) mass is 383 g/mol. The lowest BCUT2D eigenvalue weighted by molar-refractivity contribution is 0.100. The van der Waals surface area contributed by atoms with Crippen molar-refractivity contribution in [2.45, 2.75) is 37.8 Å². The third-order valence-corrected chi connectivity index (χ3v) is 5.05. The molecule has 0 radical (unpaired) electrons. The number of primary amides is 1. The molecule has 1 aliphatic carbocycles. The van der Waals surface area contributed by atoms with Crippen LogP contribution >= 0.6 is 0 Å². The fraction of sp³-hybridized carbons (Fsp3) is 0.316. The quantitative estimate of drug-likeness (QED) is 0.536. The number of nitrogens with zero attached hydrogens (tertiary/aromatic N) is 3. The van der Waals surface area contributed by atoms with E-state index in [0.29, 0.717) is 5.82 Å². The summed E-state index contributed by atoms with van der Waals surface area (Å²) in [4.78, 5) is 20.4. The zero-order valence-corrected chi connectivity index (χ0v) is 15.2. The molecule has 4 rings (SSSR count). The number of rotatable bonds is 5. The van der Waals surface area contributed by atoms with Crippen LogP contribution in [0.15, 0.2) is 36.7 Å². The molecule has 0 unspecified atom stereocenters. The van der Waals surface area contributed by atoms with Gasteiger partial charge in [-0.1, -0.05) is 18.9 Å². The first-order valence-corrected chi connectivity index (χ1v) is 9.24. The van der Waals surface area contributed by atoms with Gasteiger partial charge in [-0.3, -0.25) is 9.20 Å². The standard InChI is InChI=1S/C19H22FN7O/c20-12-9-11(17(22)28)18(25-16-10-23-15-7-3-4-8-27(15)16)26-19(12)24-14-6-2-1-5-13(14)21/h3-4,7-10,13-14H,1-2,5-6,21H2,(H2,22,28)(H2,24,25,26)/t13-,14+/m0/s1. The lowest BCUT2D eigenvalue weighted by Crippen LogP contribution is -2.43. The molecule has 146 valence electrons. The fourth-order valence-corrected chi connectivity index (χ4v) is 3.53. The number of nitrogens with one attached hydrogen (secondary N) is 2. The summed E-state index contributed by atoms with van der Waals surface area (Å²) < 4.78 is 16.4. The highest BCUT2D eigenvalue weighted by Crippen LogP contribution is 2.27. The van der Waals surface area contributed by atoms with Gasteiger partial charge in [0.15, 0.2) is 11.6 Å². The van der Waals surface area contributed by atoms with Crippen molar-refractivity contribution >= 4 is 29.0 Å². The van der Waals surface area contributed by atoms with Crippen LogP contribution < -0.4 is 22.1 Å². The molecular weight excluding hydrogens is 361 g/mol. The zero-order valence-electron chi connectivity index (χ0n) is 15.2. The van der Waals surface area contributed by atoms with Gasteiger partial charge >= 0.3 is 0 Å². The van der Waals surface area contributed by atoms with Gasteiger partial charge in [0.05, 0.1) is 11.8 Å². The predicted molar refractivity (Wildman–Crippen MR) is 105 cm³/mol. The molecule has 9 heteroatoms. The fourth-order valence-electron chi connectivity index (χ4n) is 3.53. The van der Waals surface area contributed by atoms with Crippen molar-refractivity contribution in [1.82, 2.24) is 14.4 Å². The molecule has 0 aromatic carbocycles. The minimum Gasteiger partial charge on any atom is -0.365 e. The van der Waals surface area contributed by atoms with Crippen molar-refractivity contribution in [2.75, 3.05) is 10.6 Å². The summed E-state index contributed by atoms with van der Waals surface area (Å²) in [5, 5.41) is 6.14. The van der Waals surface area contributed by atoms with E-state index >= 15 is 0 Å².